The number of aliphatic carboxylic acids is 1. The number of carboxylic acid groups (broad SMARTS) is 2. The Balaban J connectivity index is 0.000000338. The van der Waals surface area contributed by atoms with Crippen LogP contribution in [0.25, 0.3) is 0 Å². The zero-order chi connectivity index (χ0) is 25.8. The predicted molar refractivity (Wildman–Crippen MR) is 136 cm³/mol. The molecule has 1 fully saturated rings. The molecule has 8 nitrogen and oxygen atoms in total. The van der Waals surface area contributed by atoms with Gasteiger partial charge in [-0.05, 0) is 67.8 Å². The molecule has 4 rings (SSSR count). The van der Waals surface area contributed by atoms with E-state index in [2.05, 4.69) is 14.9 Å². The Morgan fingerprint density at radius 2 is 1.78 bits per heavy atom. The van der Waals surface area contributed by atoms with Gasteiger partial charge in [-0.1, -0.05) is 29.8 Å². The summed E-state index contributed by atoms with van der Waals surface area (Å²) >= 11 is 6.03. The Morgan fingerprint density at radius 3 is 2.33 bits per heavy atom. The molecule has 3 heterocycles. The average Bonchev–Trinajstić information content (AvgIpc) is 2.90. The Hall–Kier alpha value is -3.33. The quantitative estimate of drug-likeness (QED) is 0.415. The fourth-order valence-corrected chi connectivity index (χ4v) is 4.02. The van der Waals surface area contributed by atoms with Crippen molar-refractivity contribution in [1.29, 1.82) is 0 Å². The van der Waals surface area contributed by atoms with E-state index in [0.29, 0.717) is 11.4 Å². The number of rotatable bonds is 9. The molecule has 1 saturated heterocycles. The molecule has 1 atom stereocenters. The van der Waals surface area contributed by atoms with Crippen LogP contribution in [0.4, 0.5) is 0 Å². The monoisotopic (exact) mass is 511 g/mol. The number of hydrogen-bond donors (Lipinski definition) is 2. The third-order valence-corrected chi connectivity index (χ3v) is 6.02. The Labute approximate surface area is 215 Å². The number of likely N-dealkylation sites (tertiary alicyclic amines) is 1. The number of halogens is 1. The number of aromatic nitrogens is 2. The van der Waals surface area contributed by atoms with Crippen LogP contribution in [0.1, 0.15) is 53.4 Å². The maximum absolute atomic E-state index is 10.7. The minimum Gasteiger partial charge on any atom is -0.481 e. The molecule has 0 bridgehead atoms. The van der Waals surface area contributed by atoms with Gasteiger partial charge in [-0.25, -0.2) is 4.79 Å². The normalized spacial score (nSPS) is 14.9. The molecule has 2 aromatic heterocycles. The summed E-state index contributed by atoms with van der Waals surface area (Å²) in [5.41, 5.74) is 2.16. The molecule has 2 N–H and O–H groups in total. The molecule has 0 saturated carbocycles. The minimum atomic E-state index is -0.942. The van der Waals surface area contributed by atoms with E-state index in [-0.39, 0.29) is 24.2 Å². The van der Waals surface area contributed by atoms with Gasteiger partial charge >= 0.3 is 11.9 Å². The van der Waals surface area contributed by atoms with Crippen molar-refractivity contribution in [1.82, 2.24) is 14.9 Å². The fraction of sp³-hybridized carbons (Fsp3) is 0.333. The van der Waals surface area contributed by atoms with Crippen LogP contribution in [0.5, 0.6) is 0 Å². The summed E-state index contributed by atoms with van der Waals surface area (Å²) in [6, 6.07) is 16.7. The van der Waals surface area contributed by atoms with Gasteiger partial charge in [-0.15, -0.1) is 0 Å². The highest BCUT2D eigenvalue weighted by molar-refractivity contribution is 6.30. The predicted octanol–water partition coefficient (Wildman–Crippen LogP) is 4.95. The molecule has 1 aliphatic rings. The van der Waals surface area contributed by atoms with Crippen molar-refractivity contribution < 1.29 is 24.5 Å². The van der Waals surface area contributed by atoms with Crippen molar-refractivity contribution in [2.45, 2.75) is 37.9 Å². The smallest absolute Gasteiger partial charge is 0.337 e. The van der Waals surface area contributed by atoms with Crippen LogP contribution in [0, 0.1) is 0 Å². The standard InChI is InChI=1S/C21H25ClN2O3.C6H5NO2/c22-17-8-6-16(7-9-17)21(19-4-1-2-12-23-19)27-18-10-14-24(15-11-18)13-3-5-20(25)26;8-6(9)5-2-1-3-7-4-5/h1-2,4,6-9,12,18,21H,3,5,10-11,13-15H2,(H,25,26);1-4H,(H,8,9)/t21-;/m0./s1. The zero-order valence-corrected chi connectivity index (χ0v) is 20.6. The molecular formula is C27H30ClN3O5. The molecule has 9 heteroatoms. The van der Waals surface area contributed by atoms with Gasteiger partial charge in [0.1, 0.15) is 6.10 Å². The lowest BCUT2D eigenvalue weighted by atomic mass is 10.0. The summed E-state index contributed by atoms with van der Waals surface area (Å²) in [5, 5.41) is 17.8. The average molecular weight is 512 g/mol. The van der Waals surface area contributed by atoms with Gasteiger partial charge in [-0.3, -0.25) is 14.8 Å². The van der Waals surface area contributed by atoms with Crippen LogP contribution >= 0.6 is 11.6 Å². The SMILES string of the molecule is O=C(O)CCCN1CCC(O[C@@H](c2ccc(Cl)cc2)c2ccccn2)CC1.O=C(O)c1cccnc1. The number of hydrogen-bond acceptors (Lipinski definition) is 6. The number of aromatic carboxylic acids is 1. The molecule has 0 amide bonds. The fourth-order valence-electron chi connectivity index (χ4n) is 3.89. The molecule has 0 unspecified atom stereocenters. The van der Waals surface area contributed by atoms with Crippen molar-refractivity contribution in [3.8, 4) is 0 Å². The van der Waals surface area contributed by atoms with Gasteiger partial charge in [0.05, 0.1) is 17.4 Å². The van der Waals surface area contributed by atoms with Gasteiger partial charge in [0.2, 0.25) is 0 Å². The van der Waals surface area contributed by atoms with Crippen molar-refractivity contribution in [2.24, 2.45) is 0 Å². The molecule has 0 radical (unpaired) electrons. The molecule has 0 aliphatic carbocycles. The summed E-state index contributed by atoms with van der Waals surface area (Å²) in [7, 11) is 0. The number of carbonyl (C=O) groups is 2. The number of piperidine rings is 1. The van der Waals surface area contributed by atoms with E-state index >= 15 is 0 Å². The zero-order valence-electron chi connectivity index (χ0n) is 19.9. The largest absolute Gasteiger partial charge is 0.481 e. The van der Waals surface area contributed by atoms with Gasteiger partial charge in [0.15, 0.2) is 0 Å². The Kier molecular flexibility index (Phi) is 10.8. The van der Waals surface area contributed by atoms with Crippen LogP contribution in [0.3, 0.4) is 0 Å². The van der Waals surface area contributed by atoms with E-state index < -0.39 is 11.9 Å². The van der Waals surface area contributed by atoms with Gasteiger partial charge < -0.3 is 19.8 Å². The highest BCUT2D eigenvalue weighted by atomic mass is 35.5. The van der Waals surface area contributed by atoms with Gasteiger partial charge in [0, 0.05) is 43.1 Å². The highest BCUT2D eigenvalue weighted by Gasteiger charge is 2.25. The number of nitrogens with zero attached hydrogens (tertiary/aromatic N) is 3. The first-order chi connectivity index (χ1) is 17.4. The van der Waals surface area contributed by atoms with E-state index in [1.807, 2.05) is 42.5 Å². The molecule has 190 valence electrons. The van der Waals surface area contributed by atoms with E-state index in [4.69, 9.17) is 26.6 Å². The van der Waals surface area contributed by atoms with Crippen molar-refractivity contribution in [2.75, 3.05) is 19.6 Å². The number of pyridine rings is 2. The maximum Gasteiger partial charge on any atom is 0.337 e. The molecular weight excluding hydrogens is 482 g/mol. The topological polar surface area (TPSA) is 113 Å². The third-order valence-electron chi connectivity index (χ3n) is 5.77. The maximum atomic E-state index is 10.7. The first-order valence-corrected chi connectivity index (χ1v) is 12.2. The lowest BCUT2D eigenvalue weighted by Crippen LogP contribution is -2.38. The summed E-state index contributed by atoms with van der Waals surface area (Å²) in [6.07, 6.45) is 7.36. The third kappa shape index (κ3) is 9.03. The van der Waals surface area contributed by atoms with E-state index in [1.165, 1.54) is 18.5 Å². The van der Waals surface area contributed by atoms with Crippen molar-refractivity contribution in [3.63, 3.8) is 0 Å². The van der Waals surface area contributed by atoms with Crippen LogP contribution in [-0.4, -0.2) is 62.8 Å². The molecule has 1 aromatic carbocycles. The van der Waals surface area contributed by atoms with Crippen LogP contribution in [-0.2, 0) is 9.53 Å². The second kappa shape index (κ2) is 14.3. The van der Waals surface area contributed by atoms with E-state index in [9.17, 15) is 9.59 Å². The number of benzene rings is 1. The van der Waals surface area contributed by atoms with Gasteiger partial charge in [-0.2, -0.15) is 0 Å². The van der Waals surface area contributed by atoms with Crippen molar-refractivity contribution in [3.05, 3.63) is 95.0 Å². The van der Waals surface area contributed by atoms with Crippen molar-refractivity contribution >= 4 is 23.5 Å². The summed E-state index contributed by atoms with van der Waals surface area (Å²) in [5.74, 6) is -1.67. The van der Waals surface area contributed by atoms with Gasteiger partial charge in [0.25, 0.3) is 0 Å². The first-order valence-electron chi connectivity index (χ1n) is 11.8. The van der Waals surface area contributed by atoms with E-state index in [0.717, 1.165) is 43.7 Å². The molecule has 1 aliphatic heterocycles. The van der Waals surface area contributed by atoms with Crippen LogP contribution in [0.15, 0.2) is 73.2 Å². The first kappa shape index (κ1) is 27.3. The van der Waals surface area contributed by atoms with Crippen LogP contribution in [0.2, 0.25) is 5.02 Å². The number of ether oxygens (including phenoxy) is 1. The lowest BCUT2D eigenvalue weighted by molar-refractivity contribution is -0.137. The molecule has 0 spiro atoms. The minimum absolute atomic E-state index is 0.156. The highest BCUT2D eigenvalue weighted by Crippen LogP contribution is 2.29. The lowest BCUT2D eigenvalue weighted by Gasteiger charge is -2.34. The second-order valence-corrected chi connectivity index (χ2v) is 8.84. The van der Waals surface area contributed by atoms with E-state index in [1.54, 1.807) is 12.3 Å². The summed E-state index contributed by atoms with van der Waals surface area (Å²) < 4.78 is 6.47. The molecule has 36 heavy (non-hydrogen) atoms. The Bertz CT molecular complexity index is 1080. The molecule has 3 aromatic rings. The summed E-state index contributed by atoms with van der Waals surface area (Å²) in [6.45, 7) is 2.69. The Morgan fingerprint density at radius 1 is 1.03 bits per heavy atom. The number of carboxylic acids is 2. The summed E-state index contributed by atoms with van der Waals surface area (Å²) in [4.78, 5) is 31.2. The van der Waals surface area contributed by atoms with Crippen LogP contribution < -0.4 is 0 Å². The second-order valence-electron chi connectivity index (χ2n) is 8.41.